The molecule has 0 spiro atoms. The molecule has 0 saturated heterocycles. The van der Waals surface area contributed by atoms with E-state index in [0.717, 1.165) is 5.69 Å². The molecule has 0 bridgehead atoms. The van der Waals surface area contributed by atoms with Crippen molar-refractivity contribution in [2.45, 2.75) is 39.2 Å². The largest absolute Gasteiger partial charge is 0.411 e. The van der Waals surface area contributed by atoms with Crippen LogP contribution in [0.1, 0.15) is 19.5 Å². The molecular weight excluding hydrogens is 247 g/mol. The first-order valence-electron chi connectivity index (χ1n) is 5.75. The Morgan fingerprint density at radius 3 is 2.78 bits per heavy atom. The number of ether oxygens (including phenoxy) is 1. The molecule has 1 N–H and O–H groups in total. The summed E-state index contributed by atoms with van der Waals surface area (Å²) < 4.78 is 41.7. The van der Waals surface area contributed by atoms with Crippen LogP contribution in [0.15, 0.2) is 12.5 Å². The number of nitrogens with zero attached hydrogens (tertiary/aromatic N) is 2. The van der Waals surface area contributed by atoms with Gasteiger partial charge in [0.1, 0.15) is 6.61 Å². The Morgan fingerprint density at radius 2 is 2.17 bits per heavy atom. The number of aromatic nitrogens is 2. The molecule has 0 unspecified atom stereocenters. The van der Waals surface area contributed by atoms with Gasteiger partial charge in [-0.25, -0.2) is 4.98 Å². The lowest BCUT2D eigenvalue weighted by Gasteiger charge is -2.07. The fourth-order valence-electron chi connectivity index (χ4n) is 1.29. The van der Waals surface area contributed by atoms with Crippen LogP contribution in [0.25, 0.3) is 0 Å². The predicted octanol–water partition coefficient (Wildman–Crippen LogP) is 1.96. The van der Waals surface area contributed by atoms with Gasteiger partial charge in [-0.3, -0.25) is 0 Å². The first-order valence-corrected chi connectivity index (χ1v) is 5.75. The third kappa shape index (κ3) is 6.61. The quantitative estimate of drug-likeness (QED) is 0.766. The average molecular weight is 265 g/mol. The van der Waals surface area contributed by atoms with E-state index >= 15 is 0 Å². The summed E-state index contributed by atoms with van der Waals surface area (Å²) in [6.07, 6.45) is -0.873. The van der Waals surface area contributed by atoms with E-state index in [2.05, 4.69) is 15.0 Å². The van der Waals surface area contributed by atoms with Crippen LogP contribution in [-0.4, -0.2) is 35.0 Å². The standard InChI is InChI=1S/C11H18F3N3O/c1-9(2)15-5-10-6-17(8-16-10)3-4-18-7-11(12,13)14/h6,8-9,15H,3-5,7H2,1-2H3. The van der Waals surface area contributed by atoms with E-state index in [1.807, 2.05) is 13.8 Å². The van der Waals surface area contributed by atoms with E-state index < -0.39 is 12.8 Å². The van der Waals surface area contributed by atoms with E-state index in [9.17, 15) is 13.2 Å². The zero-order chi connectivity index (χ0) is 13.6. The second-order valence-corrected chi connectivity index (χ2v) is 4.31. The van der Waals surface area contributed by atoms with Crippen molar-refractivity contribution in [2.75, 3.05) is 13.2 Å². The molecule has 1 aromatic rings. The van der Waals surface area contributed by atoms with E-state index in [-0.39, 0.29) is 6.61 Å². The fraction of sp³-hybridized carbons (Fsp3) is 0.727. The lowest BCUT2D eigenvalue weighted by atomic mass is 10.3. The van der Waals surface area contributed by atoms with Crippen LogP contribution in [0.2, 0.25) is 0 Å². The van der Waals surface area contributed by atoms with Crippen LogP contribution in [0.5, 0.6) is 0 Å². The monoisotopic (exact) mass is 265 g/mol. The number of halogens is 3. The molecule has 0 fully saturated rings. The van der Waals surface area contributed by atoms with Gasteiger partial charge in [-0.05, 0) is 0 Å². The SMILES string of the molecule is CC(C)NCc1cn(CCOCC(F)(F)F)cn1. The molecule has 0 aliphatic heterocycles. The van der Waals surface area contributed by atoms with E-state index in [1.165, 1.54) is 0 Å². The van der Waals surface area contributed by atoms with Crippen LogP contribution in [0, 0.1) is 0 Å². The van der Waals surface area contributed by atoms with E-state index in [1.54, 1.807) is 17.1 Å². The lowest BCUT2D eigenvalue weighted by molar-refractivity contribution is -0.174. The molecule has 1 aromatic heterocycles. The number of imidazole rings is 1. The minimum absolute atomic E-state index is 0.0208. The molecule has 0 aliphatic rings. The molecule has 7 heteroatoms. The predicted molar refractivity (Wildman–Crippen MR) is 61.1 cm³/mol. The van der Waals surface area contributed by atoms with Gasteiger partial charge in [-0.15, -0.1) is 0 Å². The van der Waals surface area contributed by atoms with Gasteiger partial charge in [0.2, 0.25) is 0 Å². The summed E-state index contributed by atoms with van der Waals surface area (Å²) in [6.45, 7) is 3.89. The second kappa shape index (κ2) is 6.75. The first kappa shape index (κ1) is 15.0. The molecule has 18 heavy (non-hydrogen) atoms. The van der Waals surface area contributed by atoms with Crippen molar-refractivity contribution in [2.24, 2.45) is 0 Å². The van der Waals surface area contributed by atoms with Crippen molar-refractivity contribution in [3.8, 4) is 0 Å². The zero-order valence-electron chi connectivity index (χ0n) is 10.5. The highest BCUT2D eigenvalue weighted by molar-refractivity contribution is 4.96. The molecule has 0 saturated carbocycles. The summed E-state index contributed by atoms with van der Waals surface area (Å²) >= 11 is 0. The third-order valence-electron chi connectivity index (χ3n) is 2.14. The molecular formula is C11H18F3N3O. The lowest BCUT2D eigenvalue weighted by Crippen LogP contribution is -2.22. The smallest absolute Gasteiger partial charge is 0.370 e. The third-order valence-corrected chi connectivity index (χ3v) is 2.14. The molecule has 0 atom stereocenters. The molecule has 4 nitrogen and oxygen atoms in total. The van der Waals surface area contributed by atoms with Gasteiger partial charge >= 0.3 is 6.18 Å². The highest BCUT2D eigenvalue weighted by Crippen LogP contribution is 2.14. The Balaban J connectivity index is 2.23. The minimum atomic E-state index is -4.26. The van der Waals surface area contributed by atoms with Gasteiger partial charge in [0.05, 0.1) is 18.6 Å². The minimum Gasteiger partial charge on any atom is -0.370 e. The van der Waals surface area contributed by atoms with Crippen molar-refractivity contribution in [1.29, 1.82) is 0 Å². The van der Waals surface area contributed by atoms with Crippen molar-refractivity contribution in [3.63, 3.8) is 0 Å². The molecule has 1 heterocycles. The van der Waals surface area contributed by atoms with Gasteiger partial charge in [-0.2, -0.15) is 13.2 Å². The maximum atomic E-state index is 11.8. The van der Waals surface area contributed by atoms with Gasteiger partial charge in [-0.1, -0.05) is 13.8 Å². The molecule has 1 rings (SSSR count). The van der Waals surface area contributed by atoms with Crippen LogP contribution in [0.3, 0.4) is 0 Å². The summed E-state index contributed by atoms with van der Waals surface area (Å²) in [4.78, 5) is 4.14. The Labute approximate surface area is 104 Å². The highest BCUT2D eigenvalue weighted by Gasteiger charge is 2.27. The maximum absolute atomic E-state index is 11.8. The zero-order valence-corrected chi connectivity index (χ0v) is 10.5. The maximum Gasteiger partial charge on any atom is 0.411 e. The molecule has 0 amide bonds. The number of hydrogen-bond donors (Lipinski definition) is 1. The van der Waals surface area contributed by atoms with Gasteiger partial charge < -0.3 is 14.6 Å². The van der Waals surface area contributed by atoms with Crippen LogP contribution in [-0.2, 0) is 17.8 Å². The second-order valence-electron chi connectivity index (χ2n) is 4.31. The number of hydrogen-bond acceptors (Lipinski definition) is 3. The molecule has 104 valence electrons. The number of nitrogens with one attached hydrogen (secondary N) is 1. The molecule has 0 aliphatic carbocycles. The van der Waals surface area contributed by atoms with Gasteiger partial charge in [0.25, 0.3) is 0 Å². The summed E-state index contributed by atoms with van der Waals surface area (Å²) in [5.74, 6) is 0. The average Bonchev–Trinajstić information content (AvgIpc) is 2.68. The van der Waals surface area contributed by atoms with E-state index in [0.29, 0.717) is 19.1 Å². The Morgan fingerprint density at radius 1 is 1.44 bits per heavy atom. The Kier molecular flexibility index (Phi) is 5.61. The first-order chi connectivity index (χ1) is 8.37. The van der Waals surface area contributed by atoms with Crippen molar-refractivity contribution >= 4 is 0 Å². The normalized spacial score (nSPS) is 12.3. The Hall–Kier alpha value is -1.08. The van der Waals surface area contributed by atoms with Crippen molar-refractivity contribution < 1.29 is 17.9 Å². The molecule has 0 radical (unpaired) electrons. The Bertz CT molecular complexity index is 350. The van der Waals surface area contributed by atoms with Crippen LogP contribution < -0.4 is 5.32 Å². The summed E-state index contributed by atoms with van der Waals surface area (Å²) in [5.41, 5.74) is 0.861. The van der Waals surface area contributed by atoms with E-state index in [4.69, 9.17) is 0 Å². The number of rotatable bonds is 7. The van der Waals surface area contributed by atoms with Crippen LogP contribution in [0.4, 0.5) is 13.2 Å². The summed E-state index contributed by atoms with van der Waals surface area (Å²) in [5, 5.41) is 3.21. The van der Waals surface area contributed by atoms with Gasteiger partial charge in [0, 0.05) is 25.3 Å². The fourth-order valence-corrected chi connectivity index (χ4v) is 1.29. The highest BCUT2D eigenvalue weighted by atomic mass is 19.4. The number of alkyl halides is 3. The van der Waals surface area contributed by atoms with Crippen molar-refractivity contribution in [3.05, 3.63) is 18.2 Å². The topological polar surface area (TPSA) is 39.1 Å². The molecule has 0 aromatic carbocycles. The van der Waals surface area contributed by atoms with Gasteiger partial charge in [0.15, 0.2) is 0 Å². The summed E-state index contributed by atoms with van der Waals surface area (Å²) in [6, 6.07) is 0.366. The van der Waals surface area contributed by atoms with Crippen LogP contribution >= 0.6 is 0 Å². The summed E-state index contributed by atoms with van der Waals surface area (Å²) in [7, 11) is 0. The van der Waals surface area contributed by atoms with Crippen molar-refractivity contribution in [1.82, 2.24) is 14.9 Å².